The van der Waals surface area contributed by atoms with Crippen LogP contribution in [0.25, 0.3) is 0 Å². The third kappa shape index (κ3) is 3.28. The molecule has 0 amide bonds. The average molecular weight is 169 g/mol. The first-order chi connectivity index (χ1) is 5.29. The van der Waals surface area contributed by atoms with Gasteiger partial charge in [-0.05, 0) is 19.8 Å². The summed E-state index contributed by atoms with van der Waals surface area (Å²) in [6.07, 6.45) is 4.35. The van der Waals surface area contributed by atoms with Gasteiger partial charge in [0.1, 0.15) is 5.78 Å². The van der Waals surface area contributed by atoms with Crippen LogP contribution in [0.4, 0.5) is 0 Å². The van der Waals surface area contributed by atoms with Gasteiger partial charge in [-0.25, -0.2) is 4.98 Å². The molecule has 0 atom stereocenters. The monoisotopic (exact) mass is 169 g/mol. The Bertz CT molecular complexity index is 218. The number of aryl methyl sites for hydroxylation is 1. The molecule has 0 saturated carbocycles. The molecule has 11 heavy (non-hydrogen) atoms. The lowest BCUT2D eigenvalue weighted by atomic mass is 10.2. The Kier molecular flexibility index (Phi) is 3.23. The largest absolute Gasteiger partial charge is 0.300 e. The van der Waals surface area contributed by atoms with Crippen LogP contribution in [0.5, 0.6) is 0 Å². The molecule has 0 N–H and O–H groups in total. The van der Waals surface area contributed by atoms with E-state index in [0.29, 0.717) is 6.42 Å². The molecule has 0 aliphatic rings. The van der Waals surface area contributed by atoms with E-state index in [2.05, 4.69) is 4.98 Å². The molecule has 0 unspecified atom stereocenters. The van der Waals surface area contributed by atoms with E-state index in [-0.39, 0.29) is 5.78 Å². The van der Waals surface area contributed by atoms with Gasteiger partial charge in [0.2, 0.25) is 0 Å². The summed E-state index contributed by atoms with van der Waals surface area (Å²) in [6, 6.07) is 0. The maximum atomic E-state index is 10.6. The highest BCUT2D eigenvalue weighted by Gasteiger charge is 1.96. The first-order valence-electron chi connectivity index (χ1n) is 3.67. The molecular weight excluding hydrogens is 158 g/mol. The van der Waals surface area contributed by atoms with Crippen molar-refractivity contribution in [1.82, 2.24) is 4.98 Å². The van der Waals surface area contributed by atoms with Crippen molar-refractivity contribution in [3.8, 4) is 0 Å². The number of thiazole rings is 1. The highest BCUT2D eigenvalue weighted by atomic mass is 32.1. The number of nitrogens with zero attached hydrogens (tertiary/aromatic N) is 1. The molecule has 0 saturated heterocycles. The summed E-state index contributed by atoms with van der Waals surface area (Å²) in [4.78, 5) is 14.7. The van der Waals surface area contributed by atoms with Crippen molar-refractivity contribution >= 4 is 17.1 Å². The van der Waals surface area contributed by atoms with Crippen molar-refractivity contribution in [2.45, 2.75) is 26.2 Å². The Labute approximate surface area is 70.3 Å². The zero-order valence-corrected chi connectivity index (χ0v) is 7.36. The highest BCUT2D eigenvalue weighted by Crippen LogP contribution is 2.07. The minimum atomic E-state index is 0.265. The van der Waals surface area contributed by atoms with Crippen molar-refractivity contribution in [3.05, 3.63) is 16.6 Å². The average Bonchev–Trinajstić information content (AvgIpc) is 2.39. The number of rotatable bonds is 4. The third-order valence-electron chi connectivity index (χ3n) is 1.40. The van der Waals surface area contributed by atoms with Crippen LogP contribution in [-0.4, -0.2) is 10.8 Å². The van der Waals surface area contributed by atoms with Gasteiger partial charge < -0.3 is 4.79 Å². The Hall–Kier alpha value is -0.700. The lowest BCUT2D eigenvalue weighted by molar-refractivity contribution is -0.117. The second-order valence-electron chi connectivity index (χ2n) is 2.48. The van der Waals surface area contributed by atoms with E-state index < -0.39 is 0 Å². The van der Waals surface area contributed by atoms with Crippen molar-refractivity contribution in [2.75, 3.05) is 0 Å². The summed E-state index contributed by atoms with van der Waals surface area (Å²) in [5.74, 6) is 0.265. The minimum Gasteiger partial charge on any atom is -0.300 e. The van der Waals surface area contributed by atoms with Gasteiger partial charge in [-0.2, -0.15) is 0 Å². The molecule has 60 valence electrons. The summed E-state index contributed by atoms with van der Waals surface area (Å²) >= 11 is 1.65. The zero-order valence-electron chi connectivity index (χ0n) is 6.54. The summed E-state index contributed by atoms with van der Waals surface area (Å²) in [5, 5.41) is 3.09. The van der Waals surface area contributed by atoms with Crippen LogP contribution in [0.1, 0.15) is 24.8 Å². The molecule has 0 bridgehead atoms. The molecule has 1 aromatic heterocycles. The van der Waals surface area contributed by atoms with Crippen LogP contribution < -0.4 is 0 Å². The molecule has 0 spiro atoms. The summed E-state index contributed by atoms with van der Waals surface area (Å²) in [7, 11) is 0. The van der Waals surface area contributed by atoms with E-state index in [9.17, 15) is 4.79 Å². The van der Waals surface area contributed by atoms with Gasteiger partial charge in [-0.1, -0.05) is 0 Å². The quantitative estimate of drug-likeness (QED) is 0.690. The standard InChI is InChI=1S/C8H11NOS/c1-7(10)3-2-4-8-9-5-6-11-8/h5-6H,2-4H2,1H3. The van der Waals surface area contributed by atoms with Gasteiger partial charge in [0.25, 0.3) is 0 Å². The van der Waals surface area contributed by atoms with E-state index in [1.165, 1.54) is 0 Å². The number of ketones is 1. The van der Waals surface area contributed by atoms with E-state index in [4.69, 9.17) is 0 Å². The molecule has 0 aromatic carbocycles. The first kappa shape index (κ1) is 8.40. The topological polar surface area (TPSA) is 30.0 Å². The van der Waals surface area contributed by atoms with Crippen molar-refractivity contribution in [1.29, 1.82) is 0 Å². The van der Waals surface area contributed by atoms with E-state index in [0.717, 1.165) is 17.8 Å². The van der Waals surface area contributed by atoms with E-state index in [1.54, 1.807) is 24.5 Å². The Morgan fingerprint density at radius 2 is 2.55 bits per heavy atom. The third-order valence-corrected chi connectivity index (χ3v) is 2.24. The molecule has 0 fully saturated rings. The number of hydrogen-bond donors (Lipinski definition) is 0. The first-order valence-corrected chi connectivity index (χ1v) is 4.55. The molecular formula is C8H11NOS. The molecule has 1 heterocycles. The number of hydrogen-bond acceptors (Lipinski definition) is 3. The van der Waals surface area contributed by atoms with Crippen molar-refractivity contribution in [2.24, 2.45) is 0 Å². The Morgan fingerprint density at radius 3 is 3.09 bits per heavy atom. The van der Waals surface area contributed by atoms with Crippen LogP contribution in [0.15, 0.2) is 11.6 Å². The van der Waals surface area contributed by atoms with Crippen molar-refractivity contribution < 1.29 is 4.79 Å². The van der Waals surface area contributed by atoms with Crippen molar-refractivity contribution in [3.63, 3.8) is 0 Å². The molecule has 0 radical (unpaired) electrons. The lowest BCUT2D eigenvalue weighted by Crippen LogP contribution is -1.91. The Balaban J connectivity index is 2.19. The van der Waals surface area contributed by atoms with Gasteiger partial charge in [0.15, 0.2) is 0 Å². The van der Waals surface area contributed by atoms with E-state index >= 15 is 0 Å². The second kappa shape index (κ2) is 4.23. The zero-order chi connectivity index (χ0) is 8.10. The predicted octanol–water partition coefficient (Wildman–Crippen LogP) is 2.05. The highest BCUT2D eigenvalue weighted by molar-refractivity contribution is 7.09. The Morgan fingerprint density at radius 1 is 1.73 bits per heavy atom. The number of aromatic nitrogens is 1. The summed E-state index contributed by atoms with van der Waals surface area (Å²) in [6.45, 7) is 1.63. The second-order valence-corrected chi connectivity index (χ2v) is 3.46. The van der Waals surface area contributed by atoms with Crippen LogP contribution in [0.2, 0.25) is 0 Å². The summed E-state index contributed by atoms with van der Waals surface area (Å²) < 4.78 is 0. The maximum absolute atomic E-state index is 10.6. The number of Topliss-reactive ketones (excluding diaryl/α,β-unsaturated/α-hetero) is 1. The maximum Gasteiger partial charge on any atom is 0.129 e. The van der Waals surface area contributed by atoms with Gasteiger partial charge in [-0.3, -0.25) is 0 Å². The van der Waals surface area contributed by atoms with Gasteiger partial charge in [-0.15, -0.1) is 11.3 Å². The molecule has 0 aliphatic carbocycles. The fourth-order valence-electron chi connectivity index (χ4n) is 0.865. The van der Waals surface area contributed by atoms with Crippen LogP contribution in [0.3, 0.4) is 0 Å². The van der Waals surface area contributed by atoms with Crippen LogP contribution in [0, 0.1) is 0 Å². The fraction of sp³-hybridized carbons (Fsp3) is 0.500. The molecule has 2 nitrogen and oxygen atoms in total. The molecule has 0 aliphatic heterocycles. The lowest BCUT2D eigenvalue weighted by Gasteiger charge is -1.92. The molecule has 1 aromatic rings. The van der Waals surface area contributed by atoms with Gasteiger partial charge >= 0.3 is 0 Å². The fourth-order valence-corrected chi connectivity index (χ4v) is 1.53. The number of carbonyl (C=O) groups is 1. The molecule has 3 heteroatoms. The van der Waals surface area contributed by atoms with Crippen LogP contribution >= 0.6 is 11.3 Å². The molecule has 1 rings (SSSR count). The predicted molar refractivity (Wildman–Crippen MR) is 45.7 cm³/mol. The van der Waals surface area contributed by atoms with E-state index in [1.807, 2.05) is 5.38 Å². The number of carbonyl (C=O) groups excluding carboxylic acids is 1. The minimum absolute atomic E-state index is 0.265. The normalized spacial score (nSPS) is 9.91. The summed E-state index contributed by atoms with van der Waals surface area (Å²) in [5.41, 5.74) is 0. The SMILES string of the molecule is CC(=O)CCCc1nccs1. The van der Waals surface area contributed by atoms with Gasteiger partial charge in [0.05, 0.1) is 5.01 Å². The van der Waals surface area contributed by atoms with Crippen LogP contribution in [-0.2, 0) is 11.2 Å². The van der Waals surface area contributed by atoms with Gasteiger partial charge in [0, 0.05) is 18.0 Å². The smallest absolute Gasteiger partial charge is 0.129 e.